The third-order valence-electron chi connectivity index (χ3n) is 1.44. The highest BCUT2D eigenvalue weighted by molar-refractivity contribution is 5.28. The highest BCUT2D eigenvalue weighted by Crippen LogP contribution is 2.16. The summed E-state index contributed by atoms with van der Waals surface area (Å²) in [6.07, 6.45) is 0. The van der Waals surface area contributed by atoms with Crippen molar-refractivity contribution in [3.8, 4) is 5.75 Å². The lowest BCUT2D eigenvalue weighted by Gasteiger charge is -2.04. The lowest BCUT2D eigenvalue weighted by Crippen LogP contribution is -2.01. The summed E-state index contributed by atoms with van der Waals surface area (Å²) in [4.78, 5) is 2.56. The molecule has 0 aliphatic rings. The number of hydrogen-bond acceptors (Lipinski definition) is 2. The molecule has 0 aliphatic carbocycles. The van der Waals surface area contributed by atoms with E-state index >= 15 is 0 Å². The lowest BCUT2D eigenvalue weighted by atomic mass is 10.2. The molecule has 1 aromatic rings. The Morgan fingerprint density at radius 1 is 1.50 bits per heavy atom. The SMILES string of the molecule is [N-]=[N+]=NCc1cccc(OC(F)F)c1. The first-order valence-electron chi connectivity index (χ1n) is 3.77. The molecular weight excluding hydrogens is 192 g/mol. The molecule has 0 radical (unpaired) electrons. The van der Waals surface area contributed by atoms with Crippen LogP contribution in [0, 0.1) is 0 Å². The van der Waals surface area contributed by atoms with Crippen molar-refractivity contribution in [1.82, 2.24) is 0 Å². The van der Waals surface area contributed by atoms with E-state index in [4.69, 9.17) is 5.53 Å². The van der Waals surface area contributed by atoms with E-state index in [0.29, 0.717) is 5.56 Å². The van der Waals surface area contributed by atoms with Crippen LogP contribution in [0.3, 0.4) is 0 Å². The zero-order valence-corrected chi connectivity index (χ0v) is 7.10. The zero-order valence-electron chi connectivity index (χ0n) is 7.10. The van der Waals surface area contributed by atoms with Crippen molar-refractivity contribution in [2.75, 3.05) is 0 Å². The molecule has 0 saturated carbocycles. The number of halogens is 2. The Bertz CT molecular complexity index is 350. The Balaban J connectivity index is 2.73. The van der Waals surface area contributed by atoms with Gasteiger partial charge in [-0.1, -0.05) is 17.2 Å². The Hall–Kier alpha value is -1.81. The summed E-state index contributed by atoms with van der Waals surface area (Å²) in [5.41, 5.74) is 8.68. The predicted octanol–water partition coefficient (Wildman–Crippen LogP) is 3.10. The molecule has 0 saturated heterocycles. The van der Waals surface area contributed by atoms with E-state index in [1.54, 1.807) is 12.1 Å². The molecule has 74 valence electrons. The van der Waals surface area contributed by atoms with Crippen molar-refractivity contribution in [2.24, 2.45) is 5.11 Å². The number of alkyl halides is 2. The van der Waals surface area contributed by atoms with Crippen LogP contribution in [-0.4, -0.2) is 6.61 Å². The van der Waals surface area contributed by atoms with Gasteiger partial charge < -0.3 is 4.74 Å². The summed E-state index contributed by atoms with van der Waals surface area (Å²) in [5.74, 6) is 0.0608. The second-order valence-corrected chi connectivity index (χ2v) is 2.41. The van der Waals surface area contributed by atoms with Crippen LogP contribution in [0.25, 0.3) is 10.4 Å². The maximum absolute atomic E-state index is 11.8. The van der Waals surface area contributed by atoms with Crippen molar-refractivity contribution in [2.45, 2.75) is 13.2 Å². The van der Waals surface area contributed by atoms with Gasteiger partial charge in [0.1, 0.15) is 5.75 Å². The average Bonchev–Trinajstić information content (AvgIpc) is 2.14. The molecule has 0 N–H and O–H groups in total. The molecular formula is C8H7F2N3O. The fraction of sp³-hybridized carbons (Fsp3) is 0.250. The molecule has 0 unspecified atom stereocenters. The number of hydrogen-bond donors (Lipinski definition) is 0. The van der Waals surface area contributed by atoms with Gasteiger partial charge in [-0.25, -0.2) is 0 Å². The Morgan fingerprint density at radius 2 is 2.29 bits per heavy atom. The zero-order chi connectivity index (χ0) is 10.4. The summed E-state index contributed by atoms with van der Waals surface area (Å²) >= 11 is 0. The standard InChI is InChI=1S/C8H7F2N3O/c9-8(10)14-7-3-1-2-6(4-7)5-12-13-11/h1-4,8H,5H2. The van der Waals surface area contributed by atoms with Crippen LogP contribution in [0.1, 0.15) is 5.56 Å². The van der Waals surface area contributed by atoms with E-state index in [0.717, 1.165) is 0 Å². The molecule has 0 aliphatic heterocycles. The van der Waals surface area contributed by atoms with E-state index in [2.05, 4.69) is 14.8 Å². The summed E-state index contributed by atoms with van der Waals surface area (Å²) in [6.45, 7) is -2.72. The molecule has 4 nitrogen and oxygen atoms in total. The van der Waals surface area contributed by atoms with Gasteiger partial charge in [0.25, 0.3) is 0 Å². The van der Waals surface area contributed by atoms with Crippen molar-refractivity contribution in [1.29, 1.82) is 0 Å². The predicted molar refractivity (Wildman–Crippen MR) is 45.9 cm³/mol. The second kappa shape index (κ2) is 5.04. The van der Waals surface area contributed by atoms with Gasteiger partial charge in [-0.05, 0) is 23.2 Å². The van der Waals surface area contributed by atoms with Crippen LogP contribution >= 0.6 is 0 Å². The van der Waals surface area contributed by atoms with Crippen molar-refractivity contribution in [3.05, 3.63) is 40.3 Å². The van der Waals surface area contributed by atoms with E-state index in [1.165, 1.54) is 12.1 Å². The molecule has 0 fully saturated rings. The van der Waals surface area contributed by atoms with E-state index < -0.39 is 6.61 Å². The molecule has 1 aromatic carbocycles. The molecule has 0 atom stereocenters. The van der Waals surface area contributed by atoms with Crippen LogP contribution in [0.15, 0.2) is 29.4 Å². The molecule has 0 bridgehead atoms. The maximum atomic E-state index is 11.8. The molecule has 14 heavy (non-hydrogen) atoms. The first-order valence-corrected chi connectivity index (χ1v) is 3.77. The third kappa shape index (κ3) is 3.28. The number of nitrogens with zero attached hydrogens (tertiary/aromatic N) is 3. The van der Waals surface area contributed by atoms with E-state index in [1.807, 2.05) is 0 Å². The molecule has 6 heteroatoms. The van der Waals surface area contributed by atoms with Gasteiger partial charge in [-0.15, -0.1) is 0 Å². The number of rotatable bonds is 4. The van der Waals surface area contributed by atoms with Gasteiger partial charge in [0, 0.05) is 4.91 Å². The van der Waals surface area contributed by atoms with E-state index in [-0.39, 0.29) is 12.3 Å². The van der Waals surface area contributed by atoms with Crippen molar-refractivity contribution >= 4 is 0 Å². The van der Waals surface area contributed by atoms with Gasteiger partial charge in [-0.2, -0.15) is 8.78 Å². The van der Waals surface area contributed by atoms with Crippen molar-refractivity contribution in [3.63, 3.8) is 0 Å². The third-order valence-corrected chi connectivity index (χ3v) is 1.44. The quantitative estimate of drug-likeness (QED) is 0.417. The van der Waals surface area contributed by atoms with Crippen LogP contribution in [0.5, 0.6) is 5.75 Å². The second-order valence-electron chi connectivity index (χ2n) is 2.41. The molecule has 0 aromatic heterocycles. The first kappa shape index (κ1) is 10.3. The summed E-state index contributed by atoms with van der Waals surface area (Å²) in [5, 5.41) is 3.30. The van der Waals surface area contributed by atoms with Crippen LogP contribution in [0.2, 0.25) is 0 Å². The monoisotopic (exact) mass is 199 g/mol. The van der Waals surface area contributed by atoms with Gasteiger partial charge in [0.2, 0.25) is 0 Å². The fourth-order valence-electron chi connectivity index (χ4n) is 0.933. The molecule has 0 amide bonds. The summed E-state index contributed by atoms with van der Waals surface area (Å²) in [7, 11) is 0. The molecule has 1 rings (SSSR count). The molecule has 0 heterocycles. The number of benzene rings is 1. The largest absolute Gasteiger partial charge is 0.435 e. The van der Waals surface area contributed by atoms with Gasteiger partial charge >= 0.3 is 6.61 Å². The Kier molecular flexibility index (Phi) is 3.69. The van der Waals surface area contributed by atoms with Gasteiger partial charge in [-0.3, -0.25) is 0 Å². The lowest BCUT2D eigenvalue weighted by molar-refractivity contribution is -0.0498. The Morgan fingerprint density at radius 3 is 2.93 bits per heavy atom. The minimum atomic E-state index is -2.84. The van der Waals surface area contributed by atoms with E-state index in [9.17, 15) is 8.78 Å². The Labute approximate surface area is 78.7 Å². The maximum Gasteiger partial charge on any atom is 0.387 e. The van der Waals surface area contributed by atoms with Crippen LogP contribution in [-0.2, 0) is 6.54 Å². The minimum absolute atomic E-state index is 0.0608. The number of ether oxygens (including phenoxy) is 1. The first-order chi connectivity index (χ1) is 6.72. The average molecular weight is 199 g/mol. The van der Waals surface area contributed by atoms with Gasteiger partial charge in [0.15, 0.2) is 0 Å². The smallest absolute Gasteiger partial charge is 0.387 e. The minimum Gasteiger partial charge on any atom is -0.435 e. The van der Waals surface area contributed by atoms with Crippen LogP contribution in [0.4, 0.5) is 8.78 Å². The fourth-order valence-corrected chi connectivity index (χ4v) is 0.933. The summed E-state index contributed by atoms with van der Waals surface area (Å²) in [6, 6.07) is 6.03. The van der Waals surface area contributed by atoms with Gasteiger partial charge in [0.05, 0.1) is 6.54 Å². The topological polar surface area (TPSA) is 58.0 Å². The summed E-state index contributed by atoms with van der Waals surface area (Å²) < 4.78 is 27.8. The number of azide groups is 1. The molecule has 0 spiro atoms. The highest BCUT2D eigenvalue weighted by Gasteiger charge is 2.03. The van der Waals surface area contributed by atoms with Crippen molar-refractivity contribution < 1.29 is 13.5 Å². The highest BCUT2D eigenvalue weighted by atomic mass is 19.3. The van der Waals surface area contributed by atoms with Crippen LogP contribution < -0.4 is 4.74 Å². The normalized spacial score (nSPS) is 9.64.